The lowest BCUT2D eigenvalue weighted by Gasteiger charge is -2.16. The van der Waals surface area contributed by atoms with Crippen LogP contribution in [-0.4, -0.2) is 42.5 Å². The van der Waals surface area contributed by atoms with Gasteiger partial charge >= 0.3 is 0 Å². The third kappa shape index (κ3) is 3.57. The van der Waals surface area contributed by atoms with Gasteiger partial charge in [0.15, 0.2) is 0 Å². The summed E-state index contributed by atoms with van der Waals surface area (Å²) in [5.41, 5.74) is 1.27. The molecular formula is C17H19ClN2O3. The standard InChI is InChI=1S/C17H19ClN2O3/c18-14-15(19-11-13-7-4-10-23-13)17(22)20(16(14)21)9-8-12-5-2-1-3-6-12/h1-3,5-6,13,19H,4,7-11H2/t13-/m1/s1. The fourth-order valence-electron chi connectivity index (χ4n) is 2.81. The molecule has 0 spiro atoms. The van der Waals surface area contributed by atoms with Crippen LogP contribution in [0.1, 0.15) is 18.4 Å². The Morgan fingerprint density at radius 1 is 1.22 bits per heavy atom. The van der Waals surface area contributed by atoms with Crippen LogP contribution in [0.4, 0.5) is 0 Å². The Labute approximate surface area is 140 Å². The van der Waals surface area contributed by atoms with Crippen molar-refractivity contribution in [1.82, 2.24) is 10.2 Å². The summed E-state index contributed by atoms with van der Waals surface area (Å²) < 4.78 is 5.50. The lowest BCUT2D eigenvalue weighted by molar-refractivity contribution is -0.137. The van der Waals surface area contributed by atoms with E-state index in [1.165, 1.54) is 4.90 Å². The summed E-state index contributed by atoms with van der Waals surface area (Å²) in [4.78, 5) is 25.8. The highest BCUT2D eigenvalue weighted by molar-refractivity contribution is 6.47. The van der Waals surface area contributed by atoms with Gasteiger partial charge in [-0.25, -0.2) is 0 Å². The summed E-state index contributed by atoms with van der Waals surface area (Å²) >= 11 is 6.05. The highest BCUT2D eigenvalue weighted by Gasteiger charge is 2.37. The summed E-state index contributed by atoms with van der Waals surface area (Å²) in [6.45, 7) is 1.56. The minimum atomic E-state index is -0.428. The molecule has 6 heteroatoms. The Hall–Kier alpha value is -1.85. The zero-order valence-electron chi connectivity index (χ0n) is 12.8. The smallest absolute Gasteiger partial charge is 0.278 e. The third-order valence-electron chi connectivity index (χ3n) is 4.11. The number of halogens is 1. The predicted octanol–water partition coefficient (Wildman–Crippen LogP) is 1.82. The molecule has 3 rings (SSSR count). The molecule has 1 fully saturated rings. The molecule has 1 aromatic rings. The van der Waals surface area contributed by atoms with E-state index in [2.05, 4.69) is 5.32 Å². The lowest BCUT2D eigenvalue weighted by Crippen LogP contribution is -2.36. The van der Waals surface area contributed by atoms with E-state index in [4.69, 9.17) is 16.3 Å². The van der Waals surface area contributed by atoms with Gasteiger partial charge in [0.25, 0.3) is 11.8 Å². The van der Waals surface area contributed by atoms with Crippen molar-refractivity contribution >= 4 is 23.4 Å². The maximum absolute atomic E-state index is 12.4. The lowest BCUT2D eigenvalue weighted by atomic mass is 10.1. The van der Waals surface area contributed by atoms with Gasteiger partial charge in [-0.05, 0) is 24.8 Å². The average Bonchev–Trinajstić information content (AvgIpc) is 3.15. The summed E-state index contributed by atoms with van der Waals surface area (Å²) in [7, 11) is 0. The first-order valence-electron chi connectivity index (χ1n) is 7.82. The van der Waals surface area contributed by atoms with Crippen molar-refractivity contribution in [3.63, 3.8) is 0 Å². The number of ether oxygens (including phenoxy) is 1. The normalized spacial score (nSPS) is 21.4. The van der Waals surface area contributed by atoms with Crippen LogP contribution in [0.15, 0.2) is 41.1 Å². The van der Waals surface area contributed by atoms with Gasteiger partial charge in [-0.1, -0.05) is 41.9 Å². The van der Waals surface area contributed by atoms with Gasteiger partial charge in [0.1, 0.15) is 10.7 Å². The Kier molecular flexibility index (Phi) is 4.98. The minimum Gasteiger partial charge on any atom is -0.377 e. The predicted molar refractivity (Wildman–Crippen MR) is 86.7 cm³/mol. The molecule has 0 unspecified atom stereocenters. The minimum absolute atomic E-state index is 0.0268. The topological polar surface area (TPSA) is 58.6 Å². The third-order valence-corrected chi connectivity index (χ3v) is 4.46. The monoisotopic (exact) mass is 334 g/mol. The average molecular weight is 335 g/mol. The number of nitrogens with one attached hydrogen (secondary N) is 1. The highest BCUT2D eigenvalue weighted by Crippen LogP contribution is 2.23. The second kappa shape index (κ2) is 7.15. The van der Waals surface area contributed by atoms with E-state index in [1.807, 2.05) is 30.3 Å². The molecule has 0 aromatic heterocycles. The molecule has 0 bridgehead atoms. The number of benzene rings is 1. The molecule has 2 heterocycles. The van der Waals surface area contributed by atoms with Crippen LogP contribution >= 0.6 is 11.6 Å². The number of nitrogens with zero attached hydrogens (tertiary/aromatic N) is 1. The maximum atomic E-state index is 12.4. The quantitative estimate of drug-likeness (QED) is 0.806. The summed E-state index contributed by atoms with van der Waals surface area (Å²) in [5.74, 6) is -0.781. The van der Waals surface area contributed by atoms with Gasteiger partial charge in [-0.2, -0.15) is 0 Å². The van der Waals surface area contributed by atoms with E-state index < -0.39 is 5.91 Å². The van der Waals surface area contributed by atoms with E-state index in [9.17, 15) is 9.59 Å². The number of carbonyl (C=O) groups is 2. The first kappa shape index (κ1) is 16.0. The SMILES string of the molecule is O=C1C(Cl)=C(NC[C@H]2CCCO2)C(=O)N1CCc1ccccc1. The van der Waals surface area contributed by atoms with Crippen molar-refractivity contribution in [2.45, 2.75) is 25.4 Å². The van der Waals surface area contributed by atoms with Crippen molar-refractivity contribution in [2.24, 2.45) is 0 Å². The van der Waals surface area contributed by atoms with E-state index in [0.717, 1.165) is 25.0 Å². The second-order valence-corrected chi connectivity index (χ2v) is 6.08. The van der Waals surface area contributed by atoms with E-state index in [-0.39, 0.29) is 22.7 Å². The molecule has 2 aliphatic rings. The Bertz CT molecular complexity index is 624. The van der Waals surface area contributed by atoms with Gasteiger partial charge in [0.05, 0.1) is 6.10 Å². The Morgan fingerprint density at radius 2 is 2.00 bits per heavy atom. The van der Waals surface area contributed by atoms with E-state index in [1.54, 1.807) is 0 Å². The molecule has 2 amide bonds. The fraction of sp³-hybridized carbons (Fsp3) is 0.412. The molecule has 5 nitrogen and oxygen atoms in total. The number of hydrogen-bond acceptors (Lipinski definition) is 4. The van der Waals surface area contributed by atoms with Crippen molar-refractivity contribution in [1.29, 1.82) is 0 Å². The first-order valence-corrected chi connectivity index (χ1v) is 8.20. The van der Waals surface area contributed by atoms with Crippen LogP contribution in [0.3, 0.4) is 0 Å². The summed E-state index contributed by atoms with van der Waals surface area (Å²) in [5, 5.41) is 2.97. The zero-order chi connectivity index (χ0) is 16.2. The molecule has 0 aliphatic carbocycles. The van der Waals surface area contributed by atoms with Crippen LogP contribution in [0.25, 0.3) is 0 Å². The van der Waals surface area contributed by atoms with Gasteiger partial charge in [0.2, 0.25) is 0 Å². The maximum Gasteiger partial charge on any atom is 0.278 e. The second-order valence-electron chi connectivity index (χ2n) is 5.70. The molecule has 1 saturated heterocycles. The molecule has 122 valence electrons. The molecular weight excluding hydrogens is 316 g/mol. The zero-order valence-corrected chi connectivity index (χ0v) is 13.5. The van der Waals surface area contributed by atoms with Crippen LogP contribution in [0, 0.1) is 0 Å². The molecule has 23 heavy (non-hydrogen) atoms. The van der Waals surface area contributed by atoms with Crippen LogP contribution in [0.2, 0.25) is 0 Å². The first-order chi connectivity index (χ1) is 11.2. The number of rotatable bonds is 6. The Balaban J connectivity index is 1.59. The molecule has 0 radical (unpaired) electrons. The molecule has 2 aliphatic heterocycles. The Morgan fingerprint density at radius 3 is 2.70 bits per heavy atom. The van der Waals surface area contributed by atoms with Gasteiger partial charge < -0.3 is 10.1 Å². The van der Waals surface area contributed by atoms with Gasteiger partial charge in [0, 0.05) is 19.7 Å². The number of hydrogen-bond donors (Lipinski definition) is 1. The molecule has 1 N–H and O–H groups in total. The summed E-state index contributed by atoms with van der Waals surface area (Å²) in [6.07, 6.45) is 2.67. The van der Waals surface area contributed by atoms with Crippen LogP contribution in [-0.2, 0) is 20.7 Å². The molecule has 1 atom stereocenters. The molecule has 1 aromatic carbocycles. The fourth-order valence-corrected chi connectivity index (χ4v) is 3.06. The highest BCUT2D eigenvalue weighted by atomic mass is 35.5. The van der Waals surface area contributed by atoms with E-state index in [0.29, 0.717) is 19.5 Å². The largest absolute Gasteiger partial charge is 0.377 e. The van der Waals surface area contributed by atoms with E-state index >= 15 is 0 Å². The number of amides is 2. The van der Waals surface area contributed by atoms with Gasteiger partial charge in [-0.15, -0.1) is 0 Å². The van der Waals surface area contributed by atoms with Crippen molar-refractivity contribution in [3.05, 3.63) is 46.6 Å². The van der Waals surface area contributed by atoms with Crippen molar-refractivity contribution in [3.8, 4) is 0 Å². The number of imide groups is 1. The van der Waals surface area contributed by atoms with Crippen LogP contribution in [0.5, 0.6) is 0 Å². The number of carbonyl (C=O) groups excluding carboxylic acids is 2. The summed E-state index contributed by atoms with van der Waals surface area (Å²) in [6, 6.07) is 9.74. The molecule has 0 saturated carbocycles. The van der Waals surface area contributed by atoms with Crippen molar-refractivity contribution in [2.75, 3.05) is 19.7 Å². The van der Waals surface area contributed by atoms with Gasteiger partial charge in [-0.3, -0.25) is 14.5 Å². The van der Waals surface area contributed by atoms with Crippen molar-refractivity contribution < 1.29 is 14.3 Å². The van der Waals surface area contributed by atoms with Crippen LogP contribution < -0.4 is 5.32 Å².